The summed E-state index contributed by atoms with van der Waals surface area (Å²) >= 11 is 11.9. The van der Waals surface area contributed by atoms with Crippen LogP contribution in [0.15, 0.2) is 18.2 Å². The molecule has 0 saturated carbocycles. The zero-order chi connectivity index (χ0) is 14.1. The number of carbonyl (C=O) groups is 1. The van der Waals surface area contributed by atoms with Gasteiger partial charge in [-0.05, 0) is 43.5 Å². The number of nitrogens with one attached hydrogen (secondary N) is 2. The normalized spacial score (nSPS) is 25.4. The molecule has 0 spiro atoms. The van der Waals surface area contributed by atoms with Gasteiger partial charge in [-0.25, -0.2) is 4.79 Å². The Hall–Kier alpha value is -0.970. The molecule has 0 bridgehead atoms. The summed E-state index contributed by atoms with van der Waals surface area (Å²) in [6.45, 7) is 2.64. The molecule has 2 atom stereocenters. The highest BCUT2D eigenvalue weighted by Gasteiger charge is 2.36. The van der Waals surface area contributed by atoms with Gasteiger partial charge in [-0.15, -0.1) is 0 Å². The Morgan fingerprint density at radius 2 is 2.00 bits per heavy atom. The second-order valence-corrected chi connectivity index (χ2v) is 6.33. The van der Waals surface area contributed by atoms with Crippen LogP contribution < -0.4 is 10.6 Å². The van der Waals surface area contributed by atoms with E-state index >= 15 is 0 Å². The first-order valence-electron chi connectivity index (χ1n) is 6.87. The van der Waals surface area contributed by atoms with Crippen molar-refractivity contribution in [2.45, 2.75) is 18.9 Å². The summed E-state index contributed by atoms with van der Waals surface area (Å²) in [5.41, 5.74) is 0.635. The highest BCUT2D eigenvalue weighted by atomic mass is 35.5. The molecule has 2 aliphatic heterocycles. The molecule has 108 valence electrons. The number of anilines is 1. The van der Waals surface area contributed by atoms with Gasteiger partial charge in [0, 0.05) is 34.9 Å². The van der Waals surface area contributed by atoms with Crippen molar-refractivity contribution in [1.82, 2.24) is 10.2 Å². The lowest BCUT2D eigenvalue weighted by Gasteiger charge is -2.24. The molecule has 2 unspecified atom stereocenters. The lowest BCUT2D eigenvalue weighted by atomic mass is 9.94. The molecule has 1 aromatic carbocycles. The molecule has 1 aromatic rings. The summed E-state index contributed by atoms with van der Waals surface area (Å²) in [7, 11) is 0. The second kappa shape index (κ2) is 5.80. The highest BCUT2D eigenvalue weighted by Crippen LogP contribution is 2.26. The van der Waals surface area contributed by atoms with Crippen molar-refractivity contribution in [2.75, 3.05) is 25.0 Å². The highest BCUT2D eigenvalue weighted by molar-refractivity contribution is 6.35. The monoisotopic (exact) mass is 313 g/mol. The number of rotatable bonds is 1. The minimum absolute atomic E-state index is 0.0838. The van der Waals surface area contributed by atoms with Crippen molar-refractivity contribution < 1.29 is 4.79 Å². The lowest BCUT2D eigenvalue weighted by molar-refractivity contribution is 0.220. The maximum absolute atomic E-state index is 12.3. The van der Waals surface area contributed by atoms with E-state index in [1.165, 1.54) is 12.8 Å². The Kier molecular flexibility index (Phi) is 4.06. The van der Waals surface area contributed by atoms with Gasteiger partial charge in [0.15, 0.2) is 0 Å². The molecule has 0 aliphatic carbocycles. The molecule has 2 aliphatic rings. The molecule has 0 aromatic heterocycles. The number of benzene rings is 1. The molecule has 20 heavy (non-hydrogen) atoms. The number of nitrogens with zero attached hydrogens (tertiary/aromatic N) is 1. The molecule has 6 heteroatoms. The fourth-order valence-corrected chi connectivity index (χ4v) is 3.57. The summed E-state index contributed by atoms with van der Waals surface area (Å²) in [6.07, 6.45) is 2.39. The predicted octanol–water partition coefficient (Wildman–Crippen LogP) is 3.21. The molecule has 0 radical (unpaired) electrons. The minimum Gasteiger partial charge on any atom is -0.323 e. The van der Waals surface area contributed by atoms with Crippen LogP contribution in [0.5, 0.6) is 0 Å². The van der Waals surface area contributed by atoms with E-state index in [1.54, 1.807) is 18.2 Å². The van der Waals surface area contributed by atoms with Gasteiger partial charge in [-0.3, -0.25) is 0 Å². The van der Waals surface area contributed by atoms with Crippen LogP contribution in [-0.4, -0.2) is 36.6 Å². The summed E-state index contributed by atoms with van der Waals surface area (Å²) in [6, 6.07) is 5.41. The van der Waals surface area contributed by atoms with Gasteiger partial charge in [0.1, 0.15) is 0 Å². The number of carbonyl (C=O) groups excluding carboxylic acids is 1. The van der Waals surface area contributed by atoms with E-state index in [-0.39, 0.29) is 6.03 Å². The molecule has 2 amide bonds. The van der Waals surface area contributed by atoms with Crippen LogP contribution in [0, 0.1) is 5.92 Å². The van der Waals surface area contributed by atoms with Crippen LogP contribution in [0.25, 0.3) is 0 Å². The number of piperidine rings is 1. The minimum atomic E-state index is -0.0838. The van der Waals surface area contributed by atoms with Crippen LogP contribution in [0.1, 0.15) is 12.8 Å². The van der Waals surface area contributed by atoms with Gasteiger partial charge < -0.3 is 15.5 Å². The Balaban J connectivity index is 1.64. The lowest BCUT2D eigenvalue weighted by Crippen LogP contribution is -2.41. The van der Waals surface area contributed by atoms with Gasteiger partial charge >= 0.3 is 6.03 Å². The summed E-state index contributed by atoms with van der Waals surface area (Å²) in [4.78, 5) is 14.1. The summed E-state index contributed by atoms with van der Waals surface area (Å²) in [5, 5.41) is 7.39. The van der Waals surface area contributed by atoms with E-state index < -0.39 is 0 Å². The maximum Gasteiger partial charge on any atom is 0.321 e. The Labute approximate surface area is 128 Å². The van der Waals surface area contributed by atoms with Crippen molar-refractivity contribution in [2.24, 2.45) is 5.92 Å². The van der Waals surface area contributed by atoms with E-state index in [1.807, 2.05) is 4.90 Å². The molecule has 3 rings (SSSR count). The van der Waals surface area contributed by atoms with Gasteiger partial charge in [0.2, 0.25) is 0 Å². The first-order chi connectivity index (χ1) is 9.61. The van der Waals surface area contributed by atoms with Crippen LogP contribution in [0.2, 0.25) is 10.0 Å². The zero-order valence-electron chi connectivity index (χ0n) is 11.0. The molecule has 2 saturated heterocycles. The van der Waals surface area contributed by atoms with Gasteiger partial charge in [-0.2, -0.15) is 0 Å². The van der Waals surface area contributed by atoms with Gasteiger partial charge in [0.05, 0.1) is 0 Å². The van der Waals surface area contributed by atoms with Crippen LogP contribution in [0.4, 0.5) is 10.5 Å². The van der Waals surface area contributed by atoms with Crippen LogP contribution in [0.3, 0.4) is 0 Å². The molecular weight excluding hydrogens is 297 g/mol. The van der Waals surface area contributed by atoms with Gasteiger partial charge in [-0.1, -0.05) is 23.2 Å². The third kappa shape index (κ3) is 3.03. The topological polar surface area (TPSA) is 44.4 Å². The summed E-state index contributed by atoms with van der Waals surface area (Å²) in [5.74, 6) is 0.581. The second-order valence-electron chi connectivity index (χ2n) is 5.46. The van der Waals surface area contributed by atoms with Crippen molar-refractivity contribution in [1.29, 1.82) is 0 Å². The predicted molar refractivity (Wildman–Crippen MR) is 81.6 cm³/mol. The van der Waals surface area contributed by atoms with E-state index in [9.17, 15) is 4.79 Å². The smallest absolute Gasteiger partial charge is 0.321 e. The van der Waals surface area contributed by atoms with E-state index in [0.717, 1.165) is 19.6 Å². The van der Waals surface area contributed by atoms with Crippen molar-refractivity contribution in [3.63, 3.8) is 0 Å². The standard InChI is InChI=1S/C14H17Cl2N3O/c15-10-4-11(16)6-12(5-10)18-14(20)19-7-9-2-1-3-17-13(9)8-19/h4-6,9,13,17H,1-3,7-8H2,(H,18,20). The van der Waals surface area contributed by atoms with E-state index in [4.69, 9.17) is 23.2 Å². The average molecular weight is 314 g/mol. The molecular formula is C14H17Cl2N3O. The van der Waals surface area contributed by atoms with Gasteiger partial charge in [0.25, 0.3) is 0 Å². The van der Waals surface area contributed by atoms with E-state index in [0.29, 0.717) is 27.7 Å². The number of amides is 2. The van der Waals surface area contributed by atoms with Crippen LogP contribution in [-0.2, 0) is 0 Å². The number of urea groups is 1. The fourth-order valence-electron chi connectivity index (χ4n) is 3.04. The average Bonchev–Trinajstić information content (AvgIpc) is 2.81. The van der Waals surface area contributed by atoms with Crippen molar-refractivity contribution in [3.05, 3.63) is 28.2 Å². The first kappa shape index (κ1) is 14.0. The van der Waals surface area contributed by atoms with E-state index in [2.05, 4.69) is 10.6 Å². The number of likely N-dealkylation sites (tertiary alicyclic amines) is 1. The molecule has 4 nitrogen and oxygen atoms in total. The number of fused-ring (bicyclic) bond motifs is 1. The largest absolute Gasteiger partial charge is 0.323 e. The Morgan fingerprint density at radius 1 is 1.25 bits per heavy atom. The molecule has 2 fully saturated rings. The van der Waals surface area contributed by atoms with Crippen molar-refractivity contribution >= 4 is 34.9 Å². The third-order valence-corrected chi connectivity index (χ3v) is 4.44. The number of hydrogen-bond acceptors (Lipinski definition) is 2. The molecule has 2 heterocycles. The molecule has 2 N–H and O–H groups in total. The SMILES string of the molecule is O=C(Nc1cc(Cl)cc(Cl)c1)N1CC2CCCNC2C1. The quantitative estimate of drug-likeness (QED) is 0.836. The van der Waals surface area contributed by atoms with Crippen molar-refractivity contribution in [3.8, 4) is 0 Å². The fraction of sp³-hybridized carbons (Fsp3) is 0.500. The third-order valence-electron chi connectivity index (χ3n) is 4.00. The number of hydrogen-bond donors (Lipinski definition) is 2. The number of halogens is 2. The Bertz CT molecular complexity index is 489. The zero-order valence-corrected chi connectivity index (χ0v) is 12.5. The Morgan fingerprint density at radius 3 is 2.70 bits per heavy atom. The summed E-state index contributed by atoms with van der Waals surface area (Å²) < 4.78 is 0. The first-order valence-corrected chi connectivity index (χ1v) is 7.63. The van der Waals surface area contributed by atoms with Crippen LogP contribution >= 0.6 is 23.2 Å². The maximum atomic E-state index is 12.3.